The van der Waals surface area contributed by atoms with Crippen LogP contribution in [0, 0.1) is 0 Å². The second kappa shape index (κ2) is 9.04. The first-order chi connectivity index (χ1) is 13.1. The zero-order valence-corrected chi connectivity index (χ0v) is 16.6. The van der Waals surface area contributed by atoms with Crippen molar-refractivity contribution < 1.29 is 14.3 Å². The number of thiophene rings is 1. The minimum atomic E-state index is -0.404. The third-order valence-electron chi connectivity index (χ3n) is 4.85. The van der Waals surface area contributed by atoms with Crippen LogP contribution < -0.4 is 10.1 Å². The molecule has 1 N–H and O–H groups in total. The molecule has 6 heteroatoms. The van der Waals surface area contributed by atoms with Crippen molar-refractivity contribution in [2.45, 2.75) is 45.2 Å². The fraction of sp³-hybridized carbons (Fsp3) is 0.429. The van der Waals surface area contributed by atoms with Crippen molar-refractivity contribution in [2.75, 3.05) is 13.2 Å². The molecule has 0 radical (unpaired) electrons. The van der Waals surface area contributed by atoms with Gasteiger partial charge in [-0.1, -0.05) is 18.2 Å². The lowest BCUT2D eigenvalue weighted by Crippen LogP contribution is -2.52. The number of rotatable bonds is 6. The molecule has 2 amide bonds. The molecule has 144 valence electrons. The number of nitrogens with zero attached hydrogens (tertiary/aromatic N) is 1. The summed E-state index contributed by atoms with van der Waals surface area (Å²) in [7, 11) is 0. The number of carbonyl (C=O) groups is 2. The summed E-state index contributed by atoms with van der Waals surface area (Å²) in [5.74, 6) is 0.694. The smallest absolute Gasteiger partial charge is 0.264 e. The van der Waals surface area contributed by atoms with Crippen LogP contribution in [0.3, 0.4) is 0 Å². The number of likely N-dealkylation sites (tertiary alicyclic amines) is 1. The molecule has 2 atom stereocenters. The molecule has 0 saturated carbocycles. The number of ether oxygens (including phenoxy) is 1. The number of hydrogen-bond acceptors (Lipinski definition) is 4. The van der Waals surface area contributed by atoms with E-state index in [1.807, 2.05) is 55.6 Å². The van der Waals surface area contributed by atoms with Gasteiger partial charge in [-0.15, -0.1) is 11.3 Å². The van der Waals surface area contributed by atoms with Crippen molar-refractivity contribution in [2.24, 2.45) is 0 Å². The Hall–Kier alpha value is -2.34. The molecule has 27 heavy (non-hydrogen) atoms. The van der Waals surface area contributed by atoms with Crippen LogP contribution in [-0.4, -0.2) is 35.9 Å². The van der Waals surface area contributed by atoms with Crippen molar-refractivity contribution in [1.82, 2.24) is 10.2 Å². The summed E-state index contributed by atoms with van der Waals surface area (Å²) in [6.07, 6.45) is 2.61. The Morgan fingerprint density at radius 2 is 2.04 bits per heavy atom. The highest BCUT2D eigenvalue weighted by Gasteiger charge is 2.33. The Morgan fingerprint density at radius 1 is 1.26 bits per heavy atom. The lowest BCUT2D eigenvalue weighted by molar-refractivity contribution is -0.127. The van der Waals surface area contributed by atoms with Crippen LogP contribution in [-0.2, 0) is 4.79 Å². The maximum Gasteiger partial charge on any atom is 0.264 e. The highest BCUT2D eigenvalue weighted by molar-refractivity contribution is 7.12. The predicted octanol–water partition coefficient (Wildman–Crippen LogP) is 4.02. The third-order valence-corrected chi connectivity index (χ3v) is 5.71. The molecule has 0 spiro atoms. The SMILES string of the molecule is CCOc1ccc([C@H](C)NC(=O)[C@@H]2CCCCN2C(=O)c2cccs2)cc1. The molecule has 5 nitrogen and oxygen atoms in total. The molecule has 2 heterocycles. The van der Waals surface area contributed by atoms with Gasteiger partial charge in [0.25, 0.3) is 5.91 Å². The van der Waals surface area contributed by atoms with E-state index in [2.05, 4.69) is 5.32 Å². The molecule has 1 fully saturated rings. The van der Waals surface area contributed by atoms with Crippen LogP contribution in [0.2, 0.25) is 0 Å². The first-order valence-corrected chi connectivity index (χ1v) is 10.4. The summed E-state index contributed by atoms with van der Waals surface area (Å²) in [4.78, 5) is 28.1. The second-order valence-corrected chi connectivity index (χ2v) is 7.67. The maximum absolute atomic E-state index is 12.9. The van der Waals surface area contributed by atoms with Gasteiger partial charge in [-0.25, -0.2) is 0 Å². The number of hydrogen-bond donors (Lipinski definition) is 1. The van der Waals surface area contributed by atoms with E-state index in [9.17, 15) is 9.59 Å². The molecule has 3 rings (SSSR count). The molecule has 0 unspecified atom stereocenters. The number of amides is 2. The minimum Gasteiger partial charge on any atom is -0.494 e. The maximum atomic E-state index is 12.9. The molecule has 1 aliphatic rings. The van der Waals surface area contributed by atoms with Crippen molar-refractivity contribution in [3.63, 3.8) is 0 Å². The lowest BCUT2D eigenvalue weighted by atomic mass is 10.00. The number of nitrogens with one attached hydrogen (secondary N) is 1. The fourth-order valence-corrected chi connectivity index (χ4v) is 4.08. The van der Waals surface area contributed by atoms with Gasteiger partial charge < -0.3 is 15.0 Å². The van der Waals surface area contributed by atoms with Crippen molar-refractivity contribution in [3.05, 3.63) is 52.2 Å². The molecule has 1 aromatic heterocycles. The summed E-state index contributed by atoms with van der Waals surface area (Å²) < 4.78 is 5.46. The van der Waals surface area contributed by atoms with E-state index in [0.29, 0.717) is 24.4 Å². The van der Waals surface area contributed by atoms with Crippen LogP contribution >= 0.6 is 11.3 Å². The Kier molecular flexibility index (Phi) is 6.50. The van der Waals surface area contributed by atoms with Gasteiger partial charge in [-0.2, -0.15) is 0 Å². The first kappa shape index (κ1) is 19.4. The average Bonchev–Trinajstić information content (AvgIpc) is 3.23. The van der Waals surface area contributed by atoms with Gasteiger partial charge in [0.1, 0.15) is 11.8 Å². The zero-order valence-electron chi connectivity index (χ0n) is 15.8. The van der Waals surface area contributed by atoms with Crippen LogP contribution in [0.25, 0.3) is 0 Å². The number of piperidine rings is 1. The van der Waals surface area contributed by atoms with E-state index < -0.39 is 6.04 Å². The summed E-state index contributed by atoms with van der Waals surface area (Å²) in [5.41, 5.74) is 1.01. The monoisotopic (exact) mass is 386 g/mol. The predicted molar refractivity (Wildman–Crippen MR) is 107 cm³/mol. The van der Waals surface area contributed by atoms with Gasteiger partial charge in [0.05, 0.1) is 17.5 Å². The summed E-state index contributed by atoms with van der Waals surface area (Å²) in [5, 5.41) is 4.97. The van der Waals surface area contributed by atoms with E-state index in [0.717, 1.165) is 24.2 Å². The highest BCUT2D eigenvalue weighted by Crippen LogP contribution is 2.23. The molecular weight excluding hydrogens is 360 g/mol. The van der Waals surface area contributed by atoms with Gasteiger partial charge in [0.15, 0.2) is 0 Å². The van der Waals surface area contributed by atoms with E-state index in [4.69, 9.17) is 4.74 Å². The van der Waals surface area contributed by atoms with Crippen molar-refractivity contribution in [3.8, 4) is 5.75 Å². The van der Waals surface area contributed by atoms with E-state index in [1.54, 1.807) is 4.90 Å². The lowest BCUT2D eigenvalue weighted by Gasteiger charge is -2.35. The normalized spacial score (nSPS) is 18.0. The number of carbonyl (C=O) groups excluding carboxylic acids is 2. The quantitative estimate of drug-likeness (QED) is 0.816. The Balaban J connectivity index is 1.66. The van der Waals surface area contributed by atoms with Crippen molar-refractivity contribution in [1.29, 1.82) is 0 Å². The minimum absolute atomic E-state index is 0.0430. The van der Waals surface area contributed by atoms with Gasteiger partial charge in [-0.3, -0.25) is 9.59 Å². The molecule has 1 aliphatic heterocycles. The average molecular weight is 387 g/mol. The van der Waals surface area contributed by atoms with Crippen LogP contribution in [0.15, 0.2) is 41.8 Å². The summed E-state index contributed by atoms with van der Waals surface area (Å²) in [6, 6.07) is 10.9. The van der Waals surface area contributed by atoms with Crippen LogP contribution in [0.5, 0.6) is 5.75 Å². The highest BCUT2D eigenvalue weighted by atomic mass is 32.1. The van der Waals surface area contributed by atoms with Gasteiger partial charge >= 0.3 is 0 Å². The van der Waals surface area contributed by atoms with E-state index in [1.165, 1.54) is 11.3 Å². The van der Waals surface area contributed by atoms with Gasteiger partial charge in [0.2, 0.25) is 5.91 Å². The molecule has 0 aliphatic carbocycles. The molecule has 1 saturated heterocycles. The Bertz CT molecular complexity index is 758. The number of benzene rings is 1. The second-order valence-electron chi connectivity index (χ2n) is 6.72. The molecule has 2 aromatic rings. The van der Waals surface area contributed by atoms with E-state index >= 15 is 0 Å². The molecule has 0 bridgehead atoms. The summed E-state index contributed by atoms with van der Waals surface area (Å²) in [6.45, 7) is 5.17. The van der Waals surface area contributed by atoms with Crippen LogP contribution in [0.1, 0.15) is 54.4 Å². The van der Waals surface area contributed by atoms with Crippen LogP contribution in [0.4, 0.5) is 0 Å². The molecular formula is C21H26N2O3S. The first-order valence-electron chi connectivity index (χ1n) is 9.47. The topological polar surface area (TPSA) is 58.6 Å². The fourth-order valence-electron chi connectivity index (χ4n) is 3.40. The Labute approximate surface area is 164 Å². The third kappa shape index (κ3) is 4.69. The van der Waals surface area contributed by atoms with E-state index in [-0.39, 0.29) is 17.9 Å². The van der Waals surface area contributed by atoms with Gasteiger partial charge in [-0.05, 0) is 62.3 Å². The molecule has 1 aromatic carbocycles. The standard InChI is InChI=1S/C21H26N2O3S/c1-3-26-17-11-9-16(10-12-17)15(2)22-20(24)18-7-4-5-13-23(18)21(25)19-8-6-14-27-19/h6,8-12,14-15,18H,3-5,7,13H2,1-2H3,(H,22,24)/t15-,18-/m0/s1. The Morgan fingerprint density at radius 3 is 2.70 bits per heavy atom. The largest absolute Gasteiger partial charge is 0.494 e. The van der Waals surface area contributed by atoms with Gasteiger partial charge in [0, 0.05) is 6.54 Å². The summed E-state index contributed by atoms with van der Waals surface area (Å²) >= 11 is 1.42. The zero-order chi connectivity index (χ0) is 19.2. The van der Waals surface area contributed by atoms with Crippen molar-refractivity contribution >= 4 is 23.2 Å².